The second-order valence-electron chi connectivity index (χ2n) is 6.90. The molecule has 0 aromatic heterocycles. The van der Waals surface area contributed by atoms with Crippen LogP contribution in [-0.4, -0.2) is 13.2 Å². The van der Waals surface area contributed by atoms with Gasteiger partial charge in [-0.2, -0.15) is 0 Å². The van der Waals surface area contributed by atoms with E-state index in [9.17, 15) is 0 Å². The molecule has 0 atom stereocenters. The fourth-order valence-corrected chi connectivity index (χ4v) is 2.80. The molecule has 1 nitrogen and oxygen atoms in total. The number of allylic oxidation sites excluding steroid dienone is 2. The van der Waals surface area contributed by atoms with Crippen LogP contribution in [0.2, 0.25) is 0 Å². The summed E-state index contributed by atoms with van der Waals surface area (Å²) in [5.74, 6) is 0. The zero-order valence-electron chi connectivity index (χ0n) is 16.3. The predicted octanol–water partition coefficient (Wildman–Crippen LogP) is 7.84. The molecule has 138 valence electrons. The molecular formula is C22H44O. The fraction of sp³-hybridized carbons (Fsp3) is 0.909. The van der Waals surface area contributed by atoms with Gasteiger partial charge in [0.15, 0.2) is 0 Å². The average molecular weight is 325 g/mol. The van der Waals surface area contributed by atoms with E-state index < -0.39 is 0 Å². The Kier molecular flexibility index (Phi) is 21.4. The maximum atomic E-state index is 5.58. The lowest BCUT2D eigenvalue weighted by atomic mass is 10.1. The normalized spacial score (nSPS) is 11.6. The molecule has 0 aliphatic carbocycles. The first kappa shape index (κ1) is 22.7. The highest BCUT2D eigenvalue weighted by Crippen LogP contribution is 2.10. The van der Waals surface area contributed by atoms with Crippen molar-refractivity contribution in [2.24, 2.45) is 0 Å². The van der Waals surface area contributed by atoms with E-state index in [1.165, 1.54) is 103 Å². The van der Waals surface area contributed by atoms with Gasteiger partial charge in [-0.3, -0.25) is 0 Å². The molecule has 1 heteroatoms. The Morgan fingerprint density at radius 1 is 0.478 bits per heavy atom. The number of unbranched alkanes of at least 4 members (excludes halogenated alkanes) is 13. The molecule has 0 aliphatic rings. The number of hydrogen-bond donors (Lipinski definition) is 0. The summed E-state index contributed by atoms with van der Waals surface area (Å²) in [5.41, 5.74) is 0. The van der Waals surface area contributed by atoms with Crippen LogP contribution in [0.1, 0.15) is 117 Å². The zero-order chi connectivity index (χ0) is 16.8. The van der Waals surface area contributed by atoms with Crippen molar-refractivity contribution >= 4 is 0 Å². The number of rotatable bonds is 19. The summed E-state index contributed by atoms with van der Waals surface area (Å²) in [5, 5.41) is 0. The summed E-state index contributed by atoms with van der Waals surface area (Å²) in [6, 6.07) is 0. The Bertz CT molecular complexity index is 222. The van der Waals surface area contributed by atoms with Crippen LogP contribution in [-0.2, 0) is 4.74 Å². The van der Waals surface area contributed by atoms with Crippen molar-refractivity contribution in [1.29, 1.82) is 0 Å². The summed E-state index contributed by atoms with van der Waals surface area (Å²) in [6.07, 6.45) is 26.5. The molecule has 0 aliphatic heterocycles. The molecule has 0 bridgehead atoms. The van der Waals surface area contributed by atoms with Gasteiger partial charge in [0.05, 0.1) is 0 Å². The van der Waals surface area contributed by atoms with E-state index in [4.69, 9.17) is 4.74 Å². The lowest BCUT2D eigenvalue weighted by Gasteiger charge is -2.03. The molecule has 23 heavy (non-hydrogen) atoms. The smallest absolute Gasteiger partial charge is 0.0466 e. The summed E-state index contributed by atoms with van der Waals surface area (Å²) < 4.78 is 5.58. The zero-order valence-corrected chi connectivity index (χ0v) is 16.3. The van der Waals surface area contributed by atoms with Gasteiger partial charge >= 0.3 is 0 Å². The third kappa shape index (κ3) is 21.7. The molecule has 0 radical (unpaired) electrons. The van der Waals surface area contributed by atoms with Crippen molar-refractivity contribution in [2.75, 3.05) is 13.2 Å². The second kappa shape index (κ2) is 21.7. The van der Waals surface area contributed by atoms with E-state index in [0.717, 1.165) is 13.2 Å². The molecule has 0 amide bonds. The third-order valence-corrected chi connectivity index (χ3v) is 4.44. The van der Waals surface area contributed by atoms with E-state index in [0.29, 0.717) is 0 Å². The molecule has 0 saturated heterocycles. The third-order valence-electron chi connectivity index (χ3n) is 4.44. The highest BCUT2D eigenvalue weighted by molar-refractivity contribution is 4.81. The largest absolute Gasteiger partial charge is 0.381 e. The van der Waals surface area contributed by atoms with Gasteiger partial charge in [0.1, 0.15) is 0 Å². The van der Waals surface area contributed by atoms with Crippen molar-refractivity contribution in [3.05, 3.63) is 12.2 Å². The highest BCUT2D eigenvalue weighted by Gasteiger charge is 1.92. The van der Waals surface area contributed by atoms with Crippen LogP contribution in [0.4, 0.5) is 0 Å². The second-order valence-corrected chi connectivity index (χ2v) is 6.90. The quantitative estimate of drug-likeness (QED) is 0.174. The standard InChI is InChI=1S/C22H44O/c1-3-5-7-8-9-10-11-12-13-14-15-16-17-18-19-20-22-23-21-6-4-2/h12-13H,3-11,14-22H2,1-2H3/b13-12-. The first-order valence-corrected chi connectivity index (χ1v) is 10.6. The van der Waals surface area contributed by atoms with Gasteiger partial charge in [-0.05, 0) is 38.5 Å². The van der Waals surface area contributed by atoms with Crippen molar-refractivity contribution < 1.29 is 4.74 Å². The topological polar surface area (TPSA) is 9.23 Å². The summed E-state index contributed by atoms with van der Waals surface area (Å²) in [6.45, 7) is 6.43. The molecule has 0 N–H and O–H groups in total. The van der Waals surface area contributed by atoms with Crippen LogP contribution < -0.4 is 0 Å². The Morgan fingerprint density at radius 3 is 1.48 bits per heavy atom. The van der Waals surface area contributed by atoms with Crippen molar-refractivity contribution in [2.45, 2.75) is 117 Å². The maximum Gasteiger partial charge on any atom is 0.0466 e. The summed E-state index contributed by atoms with van der Waals surface area (Å²) >= 11 is 0. The minimum Gasteiger partial charge on any atom is -0.381 e. The van der Waals surface area contributed by atoms with E-state index in [1.54, 1.807) is 0 Å². The van der Waals surface area contributed by atoms with Crippen LogP contribution in [0.5, 0.6) is 0 Å². The van der Waals surface area contributed by atoms with E-state index in [-0.39, 0.29) is 0 Å². The number of ether oxygens (including phenoxy) is 1. The van der Waals surface area contributed by atoms with Crippen LogP contribution in [0.3, 0.4) is 0 Å². The summed E-state index contributed by atoms with van der Waals surface area (Å²) in [4.78, 5) is 0. The van der Waals surface area contributed by atoms with Crippen LogP contribution >= 0.6 is 0 Å². The van der Waals surface area contributed by atoms with E-state index in [1.807, 2.05) is 0 Å². The predicted molar refractivity (Wildman–Crippen MR) is 105 cm³/mol. The van der Waals surface area contributed by atoms with Gasteiger partial charge in [0, 0.05) is 13.2 Å². The Labute approximate surface area is 147 Å². The molecule has 0 fully saturated rings. The van der Waals surface area contributed by atoms with Gasteiger partial charge in [0.2, 0.25) is 0 Å². The van der Waals surface area contributed by atoms with Crippen molar-refractivity contribution in [3.63, 3.8) is 0 Å². The Balaban J connectivity index is 3.02. The monoisotopic (exact) mass is 324 g/mol. The van der Waals surface area contributed by atoms with Crippen LogP contribution in [0, 0.1) is 0 Å². The minimum absolute atomic E-state index is 0.960. The highest BCUT2D eigenvalue weighted by atomic mass is 16.5. The average Bonchev–Trinajstić information content (AvgIpc) is 2.57. The Hall–Kier alpha value is -0.300. The SMILES string of the molecule is CCCCCCCC/C=C\CCCCCCCCOCCCC. The lowest BCUT2D eigenvalue weighted by Crippen LogP contribution is -1.96. The fourth-order valence-electron chi connectivity index (χ4n) is 2.80. The van der Waals surface area contributed by atoms with Crippen LogP contribution in [0.25, 0.3) is 0 Å². The first-order valence-electron chi connectivity index (χ1n) is 10.6. The van der Waals surface area contributed by atoms with E-state index >= 15 is 0 Å². The maximum absolute atomic E-state index is 5.58. The molecule has 0 aromatic carbocycles. The van der Waals surface area contributed by atoms with Gasteiger partial charge in [-0.1, -0.05) is 90.2 Å². The van der Waals surface area contributed by atoms with Gasteiger partial charge in [-0.25, -0.2) is 0 Å². The molecule has 0 heterocycles. The minimum atomic E-state index is 0.960. The molecule has 0 unspecified atom stereocenters. The van der Waals surface area contributed by atoms with Gasteiger partial charge in [-0.15, -0.1) is 0 Å². The van der Waals surface area contributed by atoms with Crippen molar-refractivity contribution in [1.82, 2.24) is 0 Å². The molecule has 0 aromatic rings. The summed E-state index contributed by atoms with van der Waals surface area (Å²) in [7, 11) is 0. The lowest BCUT2D eigenvalue weighted by molar-refractivity contribution is 0.127. The molecule has 0 rings (SSSR count). The number of hydrogen-bond acceptors (Lipinski definition) is 1. The van der Waals surface area contributed by atoms with Crippen molar-refractivity contribution in [3.8, 4) is 0 Å². The van der Waals surface area contributed by atoms with Gasteiger partial charge in [0.25, 0.3) is 0 Å². The van der Waals surface area contributed by atoms with Gasteiger partial charge < -0.3 is 4.74 Å². The van der Waals surface area contributed by atoms with E-state index in [2.05, 4.69) is 26.0 Å². The molecule has 0 saturated carbocycles. The molecule has 0 spiro atoms. The van der Waals surface area contributed by atoms with Crippen LogP contribution in [0.15, 0.2) is 12.2 Å². The first-order chi connectivity index (χ1) is 11.4. The Morgan fingerprint density at radius 2 is 0.913 bits per heavy atom. The molecular weight excluding hydrogens is 280 g/mol.